The van der Waals surface area contributed by atoms with E-state index in [0.717, 1.165) is 12.1 Å². The molecule has 4 heterocycles. The van der Waals surface area contributed by atoms with Crippen molar-refractivity contribution < 1.29 is 41.2 Å². The highest BCUT2D eigenvalue weighted by molar-refractivity contribution is 7.82. The zero-order chi connectivity index (χ0) is 26.7. The van der Waals surface area contributed by atoms with Crippen LogP contribution in [0, 0.1) is 0 Å². The van der Waals surface area contributed by atoms with Gasteiger partial charge in [0.05, 0.1) is 41.0 Å². The number of ether oxygens (including phenoxy) is 3. The van der Waals surface area contributed by atoms with Gasteiger partial charge in [-0.25, -0.2) is 18.7 Å². The number of fused-ring (bicyclic) bond motifs is 7. The topological polar surface area (TPSA) is 133 Å². The van der Waals surface area contributed by atoms with E-state index in [9.17, 15) is 27.0 Å². The molecule has 5 rings (SSSR count). The summed E-state index contributed by atoms with van der Waals surface area (Å²) < 4.78 is 72.9. The van der Waals surface area contributed by atoms with Gasteiger partial charge in [0.1, 0.15) is 13.2 Å². The first-order chi connectivity index (χ1) is 17.5. The third kappa shape index (κ3) is 6.71. The van der Waals surface area contributed by atoms with Crippen LogP contribution in [0.25, 0.3) is 0 Å². The number of hydrogen-bond acceptors (Lipinski definition) is 7. The number of nitrogens with zero attached hydrogens (tertiary/aromatic N) is 2. The van der Waals surface area contributed by atoms with Gasteiger partial charge in [0.25, 0.3) is 0 Å². The van der Waals surface area contributed by atoms with Crippen molar-refractivity contribution in [3.8, 4) is 5.88 Å². The fourth-order valence-corrected chi connectivity index (χ4v) is 6.12. The molecule has 3 N–H and O–H groups in total. The number of carbonyl (C=O) groups excluding carboxylic acids is 2. The maximum absolute atomic E-state index is 13.7. The van der Waals surface area contributed by atoms with Crippen molar-refractivity contribution in [3.63, 3.8) is 0 Å². The lowest BCUT2D eigenvalue weighted by molar-refractivity contribution is -0.139. The molecule has 4 aliphatic rings. The van der Waals surface area contributed by atoms with E-state index in [4.69, 9.17) is 19.9 Å². The van der Waals surface area contributed by atoms with Crippen LogP contribution in [-0.4, -0.2) is 76.4 Å². The number of nitrogens with two attached hydrogens (primary N) is 1. The molecule has 1 aromatic rings. The lowest BCUT2D eigenvalue weighted by atomic mass is 9.83. The van der Waals surface area contributed by atoms with Gasteiger partial charge in [-0.1, -0.05) is 0 Å². The number of pyridine rings is 1. The van der Waals surface area contributed by atoms with Crippen molar-refractivity contribution in [3.05, 3.63) is 23.4 Å². The Morgan fingerprint density at radius 2 is 1.92 bits per heavy atom. The number of rotatable bonds is 4. The lowest BCUT2D eigenvalue weighted by Gasteiger charge is -2.34. The predicted octanol–water partition coefficient (Wildman–Crippen LogP) is 2.24. The summed E-state index contributed by atoms with van der Waals surface area (Å²) in [7, 11) is -1.40. The number of carbonyl (C=O) groups is 2. The second-order valence-corrected chi connectivity index (χ2v) is 10.7. The summed E-state index contributed by atoms with van der Waals surface area (Å²) in [6, 6.07) is 0.538. The zero-order valence-electron chi connectivity index (χ0n) is 20.4. The van der Waals surface area contributed by atoms with Crippen molar-refractivity contribution in [1.82, 2.24) is 14.6 Å². The van der Waals surface area contributed by atoms with Crippen molar-refractivity contribution in [2.24, 2.45) is 5.73 Å². The highest BCUT2D eigenvalue weighted by atomic mass is 32.2. The molecular weight excluding hydrogens is 517 g/mol. The molecule has 0 aromatic carbocycles. The molecule has 206 valence electrons. The van der Waals surface area contributed by atoms with Gasteiger partial charge in [0.15, 0.2) is 0 Å². The number of aromatic nitrogens is 1. The average Bonchev–Trinajstić information content (AvgIpc) is 3.14. The third-order valence-corrected chi connectivity index (χ3v) is 7.67. The second-order valence-electron chi connectivity index (χ2n) is 9.56. The van der Waals surface area contributed by atoms with Crippen molar-refractivity contribution >= 4 is 23.0 Å². The van der Waals surface area contributed by atoms with Gasteiger partial charge >= 0.3 is 12.3 Å². The van der Waals surface area contributed by atoms with Crippen LogP contribution in [0.1, 0.15) is 55.7 Å². The van der Waals surface area contributed by atoms with Gasteiger partial charge in [-0.15, -0.1) is 0 Å². The molecule has 4 atom stereocenters. The Morgan fingerprint density at radius 3 is 2.57 bits per heavy atom. The Balaban J connectivity index is 1.60. The van der Waals surface area contributed by atoms with Gasteiger partial charge in [-0.05, 0) is 38.2 Å². The minimum atomic E-state index is -4.54. The molecule has 4 unspecified atom stereocenters. The molecule has 1 aromatic heterocycles. The van der Waals surface area contributed by atoms with Crippen molar-refractivity contribution in [2.45, 2.75) is 74.8 Å². The normalized spacial score (nSPS) is 29.8. The maximum atomic E-state index is 13.7. The molecule has 0 spiro atoms. The molecule has 1 saturated carbocycles. The number of primary amides is 1. The van der Waals surface area contributed by atoms with Crippen LogP contribution in [0.4, 0.5) is 18.0 Å². The summed E-state index contributed by atoms with van der Waals surface area (Å²) in [5.41, 5.74) is 4.60. The van der Waals surface area contributed by atoms with E-state index in [-0.39, 0.29) is 43.9 Å². The number of alkyl halides is 3. The minimum Gasteiger partial charge on any atom is -0.474 e. The average molecular weight is 549 g/mol. The van der Waals surface area contributed by atoms with E-state index in [1.54, 1.807) is 0 Å². The third-order valence-electron chi connectivity index (χ3n) is 7.03. The van der Waals surface area contributed by atoms with E-state index in [1.165, 1.54) is 11.2 Å². The van der Waals surface area contributed by atoms with Crippen LogP contribution in [0.2, 0.25) is 0 Å². The van der Waals surface area contributed by atoms with Gasteiger partial charge in [0.2, 0.25) is 11.8 Å². The maximum Gasteiger partial charge on any atom is 0.418 e. The fourth-order valence-electron chi connectivity index (χ4n) is 5.44. The van der Waals surface area contributed by atoms with Gasteiger partial charge in [-0.2, -0.15) is 13.2 Å². The molecule has 14 heteroatoms. The second kappa shape index (κ2) is 11.5. The number of halogens is 3. The van der Waals surface area contributed by atoms with Gasteiger partial charge in [-0.3, -0.25) is 9.69 Å². The van der Waals surface area contributed by atoms with Gasteiger partial charge < -0.3 is 19.9 Å². The molecule has 37 heavy (non-hydrogen) atoms. The van der Waals surface area contributed by atoms with E-state index < -0.39 is 58.8 Å². The van der Waals surface area contributed by atoms with E-state index >= 15 is 0 Å². The molecule has 2 fully saturated rings. The van der Waals surface area contributed by atoms with Gasteiger partial charge in [0, 0.05) is 36.7 Å². The summed E-state index contributed by atoms with van der Waals surface area (Å²) in [6.07, 6.45) is -1.88. The summed E-state index contributed by atoms with van der Waals surface area (Å²) >= 11 is 0. The van der Waals surface area contributed by atoms with E-state index in [0.29, 0.717) is 32.1 Å². The first-order valence-corrected chi connectivity index (χ1v) is 13.7. The fraction of sp³-hybridized carbons (Fsp3) is 0.696. The number of hydrogen-bond donors (Lipinski definition) is 2. The Hall–Kier alpha value is -2.45. The van der Waals surface area contributed by atoms with Crippen LogP contribution in [0.5, 0.6) is 5.88 Å². The Bertz CT molecular complexity index is 1020. The summed E-state index contributed by atoms with van der Waals surface area (Å²) in [5.74, 6) is -0.968. The highest BCUT2D eigenvalue weighted by Gasteiger charge is 2.46. The highest BCUT2D eigenvalue weighted by Crippen LogP contribution is 2.41. The van der Waals surface area contributed by atoms with Crippen LogP contribution in [0.15, 0.2) is 12.1 Å². The molecule has 10 nitrogen and oxygen atoms in total. The molecule has 1 saturated heterocycles. The van der Waals surface area contributed by atoms with Crippen LogP contribution in [-0.2, 0) is 31.4 Å². The van der Waals surface area contributed by atoms with Crippen molar-refractivity contribution in [1.29, 1.82) is 0 Å². The first-order valence-electron chi connectivity index (χ1n) is 12.2. The number of amides is 2. The Kier molecular flexibility index (Phi) is 8.59. The first kappa shape index (κ1) is 27.6. The minimum absolute atomic E-state index is 0.0184. The Labute approximate surface area is 215 Å². The van der Waals surface area contributed by atoms with E-state index in [2.05, 4.69) is 9.71 Å². The lowest BCUT2D eigenvalue weighted by Crippen LogP contribution is -2.50. The largest absolute Gasteiger partial charge is 0.474 e. The summed E-state index contributed by atoms with van der Waals surface area (Å²) in [5, 5.41) is 0. The summed E-state index contributed by atoms with van der Waals surface area (Å²) in [4.78, 5) is 30.4. The SMILES string of the molecule is CS(=O)NC1CC(CC(N)=O)N2C(=O)OCCOc3ccc(C(F)(F)F)c(n3)C3CCC(CC3)OCC12. The van der Waals surface area contributed by atoms with Crippen LogP contribution >= 0.6 is 0 Å². The summed E-state index contributed by atoms with van der Waals surface area (Å²) in [6.45, 7) is -0.257. The molecule has 2 amide bonds. The zero-order valence-corrected chi connectivity index (χ0v) is 21.2. The Morgan fingerprint density at radius 1 is 1.22 bits per heavy atom. The molecule has 1 aliphatic carbocycles. The van der Waals surface area contributed by atoms with Crippen molar-refractivity contribution in [2.75, 3.05) is 26.1 Å². The van der Waals surface area contributed by atoms with E-state index in [1.807, 2.05) is 0 Å². The molecule has 4 bridgehead atoms. The molecular formula is C23H31F3N4O6S. The monoisotopic (exact) mass is 548 g/mol. The molecule has 3 aliphatic heterocycles. The smallest absolute Gasteiger partial charge is 0.418 e. The van der Waals surface area contributed by atoms with Crippen LogP contribution < -0.4 is 15.2 Å². The predicted molar refractivity (Wildman–Crippen MR) is 126 cm³/mol. The standard InChI is InChI=1S/C23H31F3N4O6S/c1-37(33)29-17-10-14(11-19(27)31)30-18(17)12-36-15-4-2-13(3-5-15)21-16(23(24,25)26)6-7-20(28-21)34-8-9-35-22(30)32/h6-7,13-15,17-18,29H,2-5,8-12H2,1H3,(H2,27,31). The molecule has 0 radical (unpaired) electrons. The quantitative estimate of drug-likeness (QED) is 0.590. The number of nitrogens with one attached hydrogen (secondary N) is 1. The van der Waals surface area contributed by atoms with Crippen LogP contribution in [0.3, 0.4) is 0 Å².